The van der Waals surface area contributed by atoms with Gasteiger partial charge in [-0.15, -0.1) is 0 Å². The van der Waals surface area contributed by atoms with Crippen LogP contribution >= 0.6 is 0 Å². The van der Waals surface area contributed by atoms with Crippen LogP contribution in [0, 0.1) is 5.41 Å². The Bertz CT molecular complexity index is 390. The standard InChI is InChI=1S/C13H22N2O5/c1-9(2)8-20-6-5-14-12(19)15-10(16)7-13(3,4)11(17)18/h1,5-8H2,2-4H3,(H,17,18)(H2,14,15,16,19). The molecule has 0 aromatic heterocycles. The Kier molecular flexibility index (Phi) is 7.53. The lowest BCUT2D eigenvalue weighted by Gasteiger charge is -2.17. The second-order valence-corrected chi connectivity index (χ2v) is 5.18. The van der Waals surface area contributed by atoms with Crippen molar-refractivity contribution in [2.45, 2.75) is 27.2 Å². The van der Waals surface area contributed by atoms with Crippen LogP contribution in [0.15, 0.2) is 12.2 Å². The van der Waals surface area contributed by atoms with Crippen LogP contribution in [0.1, 0.15) is 27.2 Å². The van der Waals surface area contributed by atoms with Gasteiger partial charge in [0.15, 0.2) is 0 Å². The van der Waals surface area contributed by atoms with E-state index in [0.29, 0.717) is 13.2 Å². The van der Waals surface area contributed by atoms with Crippen molar-refractivity contribution in [1.29, 1.82) is 0 Å². The average Bonchev–Trinajstić information content (AvgIpc) is 2.26. The van der Waals surface area contributed by atoms with Gasteiger partial charge >= 0.3 is 12.0 Å². The Hall–Kier alpha value is -1.89. The summed E-state index contributed by atoms with van der Waals surface area (Å²) in [6, 6.07) is -0.671. The normalized spacial score (nSPS) is 10.8. The van der Waals surface area contributed by atoms with Gasteiger partial charge in [0.2, 0.25) is 5.91 Å². The first-order valence-corrected chi connectivity index (χ1v) is 6.18. The summed E-state index contributed by atoms with van der Waals surface area (Å²) in [5.74, 6) is -1.74. The highest BCUT2D eigenvalue weighted by molar-refractivity contribution is 5.96. The molecule has 0 rings (SSSR count). The van der Waals surface area contributed by atoms with Crippen LogP contribution in [0.2, 0.25) is 0 Å². The number of carboxylic acid groups (broad SMARTS) is 1. The number of aliphatic carboxylic acids is 1. The van der Waals surface area contributed by atoms with Crippen LogP contribution in [0.3, 0.4) is 0 Å². The average molecular weight is 286 g/mol. The summed E-state index contributed by atoms with van der Waals surface area (Å²) in [4.78, 5) is 33.7. The molecule has 0 atom stereocenters. The molecule has 3 N–H and O–H groups in total. The molecule has 0 saturated carbocycles. The molecule has 0 aromatic rings. The van der Waals surface area contributed by atoms with E-state index in [9.17, 15) is 14.4 Å². The van der Waals surface area contributed by atoms with Gasteiger partial charge in [0.05, 0.1) is 18.6 Å². The van der Waals surface area contributed by atoms with E-state index in [-0.39, 0.29) is 13.0 Å². The van der Waals surface area contributed by atoms with E-state index in [1.165, 1.54) is 13.8 Å². The van der Waals surface area contributed by atoms with E-state index >= 15 is 0 Å². The molecule has 7 heteroatoms. The van der Waals surface area contributed by atoms with Gasteiger partial charge in [-0.05, 0) is 20.8 Å². The van der Waals surface area contributed by atoms with Gasteiger partial charge in [-0.3, -0.25) is 14.9 Å². The number of hydrogen-bond acceptors (Lipinski definition) is 4. The molecule has 0 aliphatic rings. The van der Waals surface area contributed by atoms with Gasteiger partial charge < -0.3 is 15.2 Å². The summed E-state index contributed by atoms with van der Waals surface area (Å²) in [6.45, 7) is 9.27. The highest BCUT2D eigenvalue weighted by Crippen LogP contribution is 2.19. The lowest BCUT2D eigenvalue weighted by molar-refractivity contribution is -0.149. The smallest absolute Gasteiger partial charge is 0.321 e. The van der Waals surface area contributed by atoms with Crippen LogP contribution in [0.5, 0.6) is 0 Å². The van der Waals surface area contributed by atoms with Gasteiger partial charge in [0.25, 0.3) is 0 Å². The van der Waals surface area contributed by atoms with Gasteiger partial charge in [0, 0.05) is 13.0 Å². The third-order valence-corrected chi connectivity index (χ3v) is 2.31. The maximum Gasteiger partial charge on any atom is 0.321 e. The highest BCUT2D eigenvalue weighted by atomic mass is 16.5. The molecule has 114 valence electrons. The quantitative estimate of drug-likeness (QED) is 0.454. The number of hydrogen-bond donors (Lipinski definition) is 3. The zero-order valence-electron chi connectivity index (χ0n) is 12.1. The number of amides is 3. The molecule has 0 aromatic carbocycles. The molecule has 3 amide bonds. The molecule has 0 fully saturated rings. The SMILES string of the molecule is C=C(C)COCCNC(=O)NC(=O)CC(C)(C)C(=O)O. The number of rotatable bonds is 8. The van der Waals surface area contributed by atoms with Gasteiger partial charge in [-0.1, -0.05) is 12.2 Å². The minimum absolute atomic E-state index is 0.245. The molecule has 0 saturated heterocycles. The number of ether oxygens (including phenoxy) is 1. The van der Waals surface area contributed by atoms with Gasteiger partial charge in [0.1, 0.15) is 0 Å². The van der Waals surface area contributed by atoms with E-state index in [1.54, 1.807) is 0 Å². The zero-order chi connectivity index (χ0) is 15.8. The predicted molar refractivity (Wildman–Crippen MR) is 73.2 cm³/mol. The fourth-order valence-electron chi connectivity index (χ4n) is 1.18. The zero-order valence-corrected chi connectivity index (χ0v) is 12.1. The number of carboxylic acids is 1. The molecular weight excluding hydrogens is 264 g/mol. The summed E-state index contributed by atoms with van der Waals surface area (Å²) >= 11 is 0. The maximum absolute atomic E-state index is 11.5. The monoisotopic (exact) mass is 286 g/mol. The Balaban J connectivity index is 3.89. The largest absolute Gasteiger partial charge is 0.481 e. The molecule has 0 aliphatic carbocycles. The second kappa shape index (κ2) is 8.31. The number of carbonyl (C=O) groups is 3. The van der Waals surface area contributed by atoms with Crippen molar-refractivity contribution in [2.24, 2.45) is 5.41 Å². The van der Waals surface area contributed by atoms with Crippen molar-refractivity contribution >= 4 is 17.9 Å². The number of nitrogens with one attached hydrogen (secondary N) is 2. The molecule has 0 bridgehead atoms. The lowest BCUT2D eigenvalue weighted by atomic mass is 9.89. The fraction of sp³-hybridized carbons (Fsp3) is 0.615. The topological polar surface area (TPSA) is 105 Å². The Labute approximate surface area is 118 Å². The minimum Gasteiger partial charge on any atom is -0.481 e. The van der Waals surface area contributed by atoms with Crippen LogP contribution in [0.25, 0.3) is 0 Å². The molecule has 0 unspecified atom stereocenters. The van der Waals surface area contributed by atoms with Crippen molar-refractivity contribution in [3.05, 3.63) is 12.2 Å². The van der Waals surface area contributed by atoms with Crippen molar-refractivity contribution in [3.8, 4) is 0 Å². The maximum atomic E-state index is 11.5. The Morgan fingerprint density at radius 1 is 1.30 bits per heavy atom. The lowest BCUT2D eigenvalue weighted by Crippen LogP contribution is -2.43. The second-order valence-electron chi connectivity index (χ2n) is 5.18. The minimum atomic E-state index is -1.21. The van der Waals surface area contributed by atoms with E-state index in [4.69, 9.17) is 9.84 Å². The molecule has 0 spiro atoms. The third kappa shape index (κ3) is 8.25. The first-order valence-electron chi connectivity index (χ1n) is 6.18. The molecule has 20 heavy (non-hydrogen) atoms. The van der Waals surface area contributed by atoms with E-state index in [0.717, 1.165) is 5.57 Å². The molecule has 7 nitrogen and oxygen atoms in total. The number of carbonyl (C=O) groups excluding carboxylic acids is 2. The molecule has 0 aliphatic heterocycles. The van der Waals surface area contributed by atoms with Crippen LogP contribution in [-0.4, -0.2) is 42.8 Å². The summed E-state index contributed by atoms with van der Waals surface area (Å²) in [6.07, 6.45) is -0.276. The van der Waals surface area contributed by atoms with Crippen LogP contribution < -0.4 is 10.6 Å². The first-order chi connectivity index (χ1) is 9.15. The van der Waals surface area contributed by atoms with Gasteiger partial charge in [-0.2, -0.15) is 0 Å². The number of urea groups is 1. The molecular formula is C13H22N2O5. The highest BCUT2D eigenvalue weighted by Gasteiger charge is 2.30. The van der Waals surface area contributed by atoms with E-state index in [1.807, 2.05) is 6.92 Å². The molecule has 0 heterocycles. The third-order valence-electron chi connectivity index (χ3n) is 2.31. The Morgan fingerprint density at radius 2 is 1.90 bits per heavy atom. The summed E-state index contributed by atoms with van der Waals surface area (Å²) < 4.78 is 5.16. The summed E-state index contributed by atoms with van der Waals surface area (Å²) in [5.41, 5.74) is -0.338. The van der Waals surface area contributed by atoms with Crippen molar-refractivity contribution in [3.63, 3.8) is 0 Å². The van der Waals surface area contributed by atoms with Crippen LogP contribution in [-0.2, 0) is 14.3 Å². The van der Waals surface area contributed by atoms with Gasteiger partial charge in [-0.25, -0.2) is 4.79 Å². The van der Waals surface area contributed by atoms with E-state index in [2.05, 4.69) is 17.2 Å². The predicted octanol–water partition coefficient (Wildman–Crippen LogP) is 0.906. The Morgan fingerprint density at radius 3 is 2.40 bits per heavy atom. The van der Waals surface area contributed by atoms with E-state index < -0.39 is 23.3 Å². The van der Waals surface area contributed by atoms with Crippen molar-refractivity contribution in [2.75, 3.05) is 19.8 Å². The fourth-order valence-corrected chi connectivity index (χ4v) is 1.18. The molecule has 0 radical (unpaired) electrons. The summed E-state index contributed by atoms with van der Waals surface area (Å²) in [7, 11) is 0. The van der Waals surface area contributed by atoms with Crippen molar-refractivity contribution < 1.29 is 24.2 Å². The van der Waals surface area contributed by atoms with Crippen LogP contribution in [0.4, 0.5) is 4.79 Å². The first kappa shape index (κ1) is 18.1. The van der Waals surface area contributed by atoms with Crippen molar-refractivity contribution in [1.82, 2.24) is 10.6 Å². The number of imide groups is 1. The summed E-state index contributed by atoms with van der Waals surface area (Å²) in [5, 5.41) is 13.4.